The number of ether oxygens (including phenoxy) is 6. The molecule has 0 fully saturated rings. The lowest BCUT2D eigenvalue weighted by Crippen LogP contribution is -2.21. The van der Waals surface area contributed by atoms with Gasteiger partial charge in [-0.15, -0.1) is 0 Å². The van der Waals surface area contributed by atoms with E-state index in [9.17, 15) is 26.8 Å². The minimum Gasteiger partial charge on any atom is -0.493 e. The molecule has 1 atom stereocenters. The van der Waals surface area contributed by atoms with Crippen molar-refractivity contribution in [2.24, 2.45) is 10.2 Å². The molecule has 1 unspecified atom stereocenters. The molecule has 320 valence electrons. The Morgan fingerprint density at radius 2 is 1.03 bits per heavy atom. The molecule has 2 aliphatic rings. The highest BCUT2D eigenvalue weighted by Crippen LogP contribution is 2.41. The molecule has 0 bridgehead atoms. The lowest BCUT2D eigenvalue weighted by Gasteiger charge is -2.17. The number of methoxy groups -OCH3 is 4. The molecule has 0 saturated heterocycles. The van der Waals surface area contributed by atoms with E-state index in [0.29, 0.717) is 80.4 Å². The van der Waals surface area contributed by atoms with E-state index in [2.05, 4.69) is 10.2 Å². The van der Waals surface area contributed by atoms with Crippen LogP contribution < -0.4 is 42.6 Å². The number of carbonyl (C=O) groups excluding carboxylic acids is 2. The Bertz CT molecular complexity index is 2560. The number of carbonyl (C=O) groups is 2. The lowest BCUT2D eigenvalue weighted by atomic mass is 10.1. The second-order valence-electron chi connectivity index (χ2n) is 13.0. The number of amides is 2. The fraction of sp³-hybridized carbons (Fsp3) is 0.220. The SMILES string of the molecule is COc1cc(C=C2C(=O)N(c3ccc(OS(=O)O)cc3)N=C2C)cc(OC)c1OCCCOc1c(OC)cc(C=C2C(=O)N(c3ccc(S(=O)(=O)O)cc3)N=C2C)cc1OC. The van der Waals surface area contributed by atoms with Crippen molar-refractivity contribution in [2.75, 3.05) is 51.7 Å². The van der Waals surface area contributed by atoms with Gasteiger partial charge in [0.15, 0.2) is 23.0 Å². The van der Waals surface area contributed by atoms with E-state index >= 15 is 0 Å². The molecule has 18 nitrogen and oxygen atoms in total. The summed E-state index contributed by atoms with van der Waals surface area (Å²) in [6.07, 6.45) is 3.69. The molecule has 0 spiro atoms. The number of benzene rings is 4. The zero-order valence-corrected chi connectivity index (χ0v) is 35.2. The van der Waals surface area contributed by atoms with Crippen molar-refractivity contribution >= 4 is 68.2 Å². The summed E-state index contributed by atoms with van der Waals surface area (Å²) in [5.74, 6) is 1.36. The predicted molar refractivity (Wildman–Crippen MR) is 226 cm³/mol. The van der Waals surface area contributed by atoms with E-state index in [1.54, 1.807) is 62.4 Å². The molecule has 4 aromatic rings. The second kappa shape index (κ2) is 18.7. The smallest absolute Gasteiger partial charge is 0.357 e. The maximum atomic E-state index is 13.4. The first-order valence-electron chi connectivity index (χ1n) is 18.1. The number of rotatable bonds is 17. The summed E-state index contributed by atoms with van der Waals surface area (Å²) in [5, 5.41) is 11.1. The predicted octanol–water partition coefficient (Wildman–Crippen LogP) is 5.94. The van der Waals surface area contributed by atoms with Crippen LogP contribution in [0.1, 0.15) is 31.4 Å². The molecular weight excluding hydrogens is 837 g/mol. The largest absolute Gasteiger partial charge is 0.493 e. The minimum atomic E-state index is -4.40. The van der Waals surface area contributed by atoms with Gasteiger partial charge in [0, 0.05) is 6.42 Å². The maximum Gasteiger partial charge on any atom is 0.357 e. The molecule has 0 saturated carbocycles. The maximum absolute atomic E-state index is 13.4. The van der Waals surface area contributed by atoms with Crippen molar-refractivity contribution in [2.45, 2.75) is 25.2 Å². The molecule has 0 aromatic heterocycles. The van der Waals surface area contributed by atoms with Crippen LogP contribution in [-0.4, -0.2) is 86.6 Å². The van der Waals surface area contributed by atoms with E-state index in [1.807, 2.05) is 0 Å². The van der Waals surface area contributed by atoms with Crippen LogP contribution in [0.2, 0.25) is 0 Å². The molecule has 2 N–H and O–H groups in total. The highest BCUT2D eigenvalue weighted by molar-refractivity contribution is 7.85. The summed E-state index contributed by atoms with van der Waals surface area (Å²) >= 11 is -2.48. The number of anilines is 2. The fourth-order valence-corrected chi connectivity index (χ4v) is 6.95. The van der Waals surface area contributed by atoms with E-state index in [4.69, 9.17) is 37.2 Å². The van der Waals surface area contributed by atoms with Gasteiger partial charge in [-0.1, -0.05) is 0 Å². The zero-order valence-electron chi connectivity index (χ0n) is 33.6. The van der Waals surface area contributed by atoms with Crippen LogP contribution >= 0.6 is 0 Å². The fourth-order valence-electron chi connectivity index (χ4n) is 6.20. The molecule has 6 rings (SSSR count). The van der Waals surface area contributed by atoms with Gasteiger partial charge in [-0.25, -0.2) is 0 Å². The summed E-state index contributed by atoms with van der Waals surface area (Å²) in [6.45, 7) is 3.74. The number of hydrogen-bond donors (Lipinski definition) is 2. The molecule has 20 heteroatoms. The third-order valence-electron chi connectivity index (χ3n) is 9.12. The molecule has 0 radical (unpaired) electrons. The van der Waals surface area contributed by atoms with Gasteiger partial charge >= 0.3 is 11.4 Å². The number of nitrogens with zero attached hydrogens (tertiary/aromatic N) is 4. The van der Waals surface area contributed by atoms with E-state index < -0.39 is 27.4 Å². The van der Waals surface area contributed by atoms with Gasteiger partial charge in [-0.05, 0) is 110 Å². The first kappa shape index (κ1) is 43.8. The monoisotopic (exact) mass is 876 g/mol. The Balaban J connectivity index is 1.10. The molecule has 61 heavy (non-hydrogen) atoms. The van der Waals surface area contributed by atoms with Crippen molar-refractivity contribution in [3.05, 3.63) is 95.1 Å². The Morgan fingerprint density at radius 1 is 0.656 bits per heavy atom. The molecule has 2 heterocycles. The summed E-state index contributed by atoms with van der Waals surface area (Å²) < 4.78 is 91.6. The Hall–Kier alpha value is -6.74. The van der Waals surface area contributed by atoms with Gasteiger partial charge in [0.2, 0.25) is 11.5 Å². The first-order valence-corrected chi connectivity index (χ1v) is 20.6. The van der Waals surface area contributed by atoms with Crippen molar-refractivity contribution < 1.29 is 63.9 Å². The summed E-state index contributed by atoms with van der Waals surface area (Å²) in [7, 11) is 1.50. The lowest BCUT2D eigenvalue weighted by molar-refractivity contribution is -0.115. The van der Waals surface area contributed by atoms with Crippen LogP contribution in [-0.2, 0) is 31.1 Å². The van der Waals surface area contributed by atoms with Crippen LogP contribution in [0.5, 0.6) is 40.2 Å². The van der Waals surface area contributed by atoms with E-state index in [1.165, 1.54) is 69.8 Å². The van der Waals surface area contributed by atoms with Crippen molar-refractivity contribution in [3.63, 3.8) is 0 Å². The van der Waals surface area contributed by atoms with Crippen molar-refractivity contribution in [1.82, 2.24) is 0 Å². The van der Waals surface area contributed by atoms with Crippen LogP contribution in [0.4, 0.5) is 11.4 Å². The van der Waals surface area contributed by atoms with Crippen molar-refractivity contribution in [1.29, 1.82) is 0 Å². The van der Waals surface area contributed by atoms with Gasteiger partial charge < -0.3 is 32.6 Å². The molecule has 2 amide bonds. The topological polar surface area (TPSA) is 222 Å². The second-order valence-corrected chi connectivity index (χ2v) is 15.1. The molecule has 0 aliphatic carbocycles. The van der Waals surface area contributed by atoms with E-state index in [-0.39, 0.29) is 35.3 Å². The van der Waals surface area contributed by atoms with Crippen LogP contribution in [0.15, 0.2) is 99.0 Å². The summed E-state index contributed by atoms with van der Waals surface area (Å²) in [4.78, 5) is 26.5. The van der Waals surface area contributed by atoms with Crippen LogP contribution in [0.3, 0.4) is 0 Å². The molecular formula is C41H40N4O14S2. The third kappa shape index (κ3) is 9.84. The highest BCUT2D eigenvalue weighted by atomic mass is 32.2. The van der Waals surface area contributed by atoms with Crippen molar-refractivity contribution in [3.8, 4) is 40.2 Å². The first-order chi connectivity index (χ1) is 29.1. The Labute approximate surface area is 353 Å². The average molecular weight is 877 g/mol. The average Bonchev–Trinajstić information content (AvgIpc) is 3.68. The Morgan fingerprint density at radius 3 is 1.38 bits per heavy atom. The quantitative estimate of drug-likeness (QED) is 0.0543. The molecule has 2 aliphatic heterocycles. The third-order valence-corrected chi connectivity index (χ3v) is 10.3. The van der Waals surface area contributed by atoms with Gasteiger partial charge in [0.05, 0.1) is 80.5 Å². The van der Waals surface area contributed by atoms with Gasteiger partial charge in [-0.3, -0.25) is 18.7 Å². The van der Waals surface area contributed by atoms with Crippen LogP contribution in [0.25, 0.3) is 12.2 Å². The normalized spacial score (nSPS) is 15.8. The summed E-state index contributed by atoms with van der Waals surface area (Å²) in [5.41, 5.74) is 3.37. The van der Waals surface area contributed by atoms with Gasteiger partial charge in [0.25, 0.3) is 21.9 Å². The van der Waals surface area contributed by atoms with Gasteiger partial charge in [-0.2, -0.15) is 32.8 Å². The van der Waals surface area contributed by atoms with E-state index in [0.717, 1.165) is 5.01 Å². The highest BCUT2D eigenvalue weighted by Gasteiger charge is 2.31. The molecule has 4 aromatic carbocycles. The van der Waals surface area contributed by atoms with Crippen LogP contribution in [0, 0.1) is 0 Å². The van der Waals surface area contributed by atoms with Gasteiger partial charge in [0.1, 0.15) is 5.75 Å². The standard InChI is InChI=1S/C41H40N4O14S2/c1-24-32(40(46)44(42-24)28-8-12-30(13-9-28)59-60(48)49)18-26-20-34(53-3)38(35(21-26)54-4)57-16-7-17-58-39-36(55-5)22-27(23-37(39)56-6)19-33-25(2)43-45(41(33)47)29-10-14-31(15-11-29)61(50,51)52/h8-15,18-23H,7,16-17H2,1-6H3,(H,48,49)(H,50,51,52). The minimum absolute atomic E-state index is 0.151. The number of hydrogen-bond acceptors (Lipinski definition) is 14. The number of hydrazone groups is 2. The Kier molecular flexibility index (Phi) is 13.4. The summed E-state index contributed by atoms with van der Waals surface area (Å²) in [6, 6.07) is 17.8. The zero-order chi connectivity index (χ0) is 44.0.